The molecule has 10 heteroatoms. The molecule has 2 heterocycles. The number of esters is 4. The van der Waals surface area contributed by atoms with Gasteiger partial charge in [-0.05, 0) is 108 Å². The van der Waals surface area contributed by atoms with Crippen molar-refractivity contribution in [2.45, 2.75) is 66.6 Å². The Labute approximate surface area is 371 Å². The molecule has 322 valence electrons. The normalized spacial score (nSPS) is 11.1. The third kappa shape index (κ3) is 9.36. The number of benzene rings is 6. The zero-order valence-electron chi connectivity index (χ0n) is 36.2. The van der Waals surface area contributed by atoms with Crippen molar-refractivity contribution >= 4 is 45.4 Å². The molecule has 0 aliphatic rings. The van der Waals surface area contributed by atoms with E-state index < -0.39 is 23.9 Å². The molecule has 0 radical (unpaired) electrons. The lowest BCUT2D eigenvalue weighted by Crippen LogP contribution is -2.12. The Hall–Kier alpha value is -7.72. The van der Waals surface area contributed by atoms with Gasteiger partial charge in [0.15, 0.2) is 0 Å². The Morgan fingerprint density at radius 1 is 0.453 bits per heavy atom. The molecular weight excluding hydrogens is 805 g/mol. The van der Waals surface area contributed by atoms with Crippen LogP contribution in [-0.4, -0.2) is 33.8 Å². The number of H-pyrrole nitrogens is 2. The van der Waals surface area contributed by atoms with E-state index in [2.05, 4.69) is 9.97 Å². The zero-order valence-corrected chi connectivity index (χ0v) is 36.2. The minimum Gasteiger partial charge on any atom is -0.456 e. The van der Waals surface area contributed by atoms with Gasteiger partial charge in [0.1, 0.15) is 36.1 Å². The molecule has 8 rings (SSSR count). The smallest absolute Gasteiger partial charge is 0.355 e. The standard InChI is InChI=1S/C54H48N2O8/c1-33-41(35(3)55-51(33)53(59)61-31-37-15-7-5-8-16-37)25-29-47(57)63-45-27-23-39-19-11-13-21-43(39)49(45)50-44-22-14-12-20-40(44)24-28-46(50)64-48(58)30-26-42-34(2)52(56-36(42)4)54(60)62-32-38-17-9-6-10-18-38/h5-24,27-28,55-56H,25-26,29-32H2,1-4H3. The summed E-state index contributed by atoms with van der Waals surface area (Å²) >= 11 is 0. The van der Waals surface area contributed by atoms with Gasteiger partial charge in [0.2, 0.25) is 0 Å². The first-order valence-electron chi connectivity index (χ1n) is 21.3. The third-order valence-corrected chi connectivity index (χ3v) is 11.7. The summed E-state index contributed by atoms with van der Waals surface area (Å²) < 4.78 is 23.6. The molecule has 0 bridgehead atoms. The Kier molecular flexibility index (Phi) is 12.8. The molecule has 0 spiro atoms. The van der Waals surface area contributed by atoms with Crippen molar-refractivity contribution in [3.05, 3.63) is 190 Å². The van der Waals surface area contributed by atoms with Crippen molar-refractivity contribution in [2.75, 3.05) is 0 Å². The molecule has 0 aliphatic heterocycles. The quantitative estimate of drug-likeness (QED) is 0.0768. The monoisotopic (exact) mass is 852 g/mol. The molecular formula is C54H48N2O8. The molecule has 0 unspecified atom stereocenters. The van der Waals surface area contributed by atoms with E-state index in [-0.39, 0.29) is 26.1 Å². The summed E-state index contributed by atoms with van der Waals surface area (Å²) in [6, 6.07) is 41.9. The summed E-state index contributed by atoms with van der Waals surface area (Å²) in [5, 5.41) is 3.43. The van der Waals surface area contributed by atoms with E-state index in [0.29, 0.717) is 46.9 Å². The van der Waals surface area contributed by atoms with Gasteiger partial charge in [-0.25, -0.2) is 9.59 Å². The number of fused-ring (bicyclic) bond motifs is 2. The van der Waals surface area contributed by atoms with Gasteiger partial charge in [-0.3, -0.25) is 9.59 Å². The summed E-state index contributed by atoms with van der Waals surface area (Å²) in [5.74, 6) is -1.24. The molecule has 6 aromatic carbocycles. The maximum absolute atomic E-state index is 13.8. The molecule has 0 saturated carbocycles. The third-order valence-electron chi connectivity index (χ3n) is 11.7. The van der Waals surface area contributed by atoms with Crippen LogP contribution in [0.25, 0.3) is 32.7 Å². The van der Waals surface area contributed by atoms with Crippen LogP contribution in [0.4, 0.5) is 0 Å². The fourth-order valence-electron chi connectivity index (χ4n) is 8.32. The highest BCUT2D eigenvalue weighted by molar-refractivity contribution is 6.10. The first-order chi connectivity index (χ1) is 31.0. The maximum atomic E-state index is 13.8. The van der Waals surface area contributed by atoms with Crippen LogP contribution >= 0.6 is 0 Å². The number of aromatic nitrogens is 2. The number of carbonyl (C=O) groups is 4. The van der Waals surface area contributed by atoms with E-state index in [1.165, 1.54) is 0 Å². The lowest BCUT2D eigenvalue weighted by molar-refractivity contribution is -0.135. The summed E-state index contributed by atoms with van der Waals surface area (Å²) in [6.07, 6.45) is 0.725. The highest BCUT2D eigenvalue weighted by atomic mass is 16.5. The van der Waals surface area contributed by atoms with E-state index in [9.17, 15) is 19.2 Å². The molecule has 0 saturated heterocycles. The number of ether oxygens (including phenoxy) is 4. The fourth-order valence-corrected chi connectivity index (χ4v) is 8.32. The van der Waals surface area contributed by atoms with Crippen molar-refractivity contribution in [2.24, 2.45) is 0 Å². The summed E-state index contributed by atoms with van der Waals surface area (Å²) in [5.41, 5.74) is 8.38. The molecule has 10 nitrogen and oxygen atoms in total. The van der Waals surface area contributed by atoms with Gasteiger partial charge < -0.3 is 28.9 Å². The average molecular weight is 853 g/mol. The number of carbonyl (C=O) groups excluding carboxylic acids is 4. The summed E-state index contributed by atoms with van der Waals surface area (Å²) in [4.78, 5) is 60.1. The van der Waals surface area contributed by atoms with Crippen molar-refractivity contribution in [3.63, 3.8) is 0 Å². The van der Waals surface area contributed by atoms with Gasteiger partial charge >= 0.3 is 23.9 Å². The minimum absolute atomic E-state index is 0.0339. The Bertz CT molecular complexity index is 2810. The number of nitrogens with one attached hydrogen (secondary N) is 2. The predicted octanol–water partition coefficient (Wildman–Crippen LogP) is 11.3. The molecule has 2 aromatic heterocycles. The van der Waals surface area contributed by atoms with Crippen LogP contribution in [-0.2, 0) is 45.1 Å². The number of hydrogen-bond acceptors (Lipinski definition) is 8. The van der Waals surface area contributed by atoms with Gasteiger partial charge in [0.05, 0.1) is 12.8 Å². The fraction of sp³-hybridized carbons (Fsp3) is 0.185. The lowest BCUT2D eigenvalue weighted by Gasteiger charge is -2.19. The largest absolute Gasteiger partial charge is 0.456 e. The average Bonchev–Trinajstić information content (AvgIpc) is 3.77. The minimum atomic E-state index is -0.468. The molecule has 64 heavy (non-hydrogen) atoms. The number of aryl methyl sites for hydroxylation is 2. The second-order valence-electron chi connectivity index (χ2n) is 15.8. The molecule has 0 atom stereocenters. The predicted molar refractivity (Wildman–Crippen MR) is 246 cm³/mol. The molecule has 0 fully saturated rings. The Balaban J connectivity index is 1.02. The van der Waals surface area contributed by atoms with E-state index >= 15 is 0 Å². The van der Waals surface area contributed by atoms with Gasteiger partial charge in [0.25, 0.3) is 0 Å². The SMILES string of the molecule is Cc1[nH]c(C(=O)OCc2ccccc2)c(C)c1CCC(=O)Oc1ccc2ccccc2c1-c1c(OC(=O)CCc2c(C)[nH]c(C(=O)OCc3ccccc3)c2C)ccc2ccccc12. The van der Waals surface area contributed by atoms with Crippen LogP contribution in [0, 0.1) is 27.7 Å². The van der Waals surface area contributed by atoms with Gasteiger partial charge in [0, 0.05) is 22.5 Å². The second kappa shape index (κ2) is 19.1. The number of hydrogen-bond donors (Lipinski definition) is 2. The van der Waals surface area contributed by atoms with Gasteiger partial charge in [-0.15, -0.1) is 0 Å². The summed E-state index contributed by atoms with van der Waals surface area (Å²) in [7, 11) is 0. The Morgan fingerprint density at radius 3 is 1.23 bits per heavy atom. The number of aromatic amines is 2. The van der Waals surface area contributed by atoms with Crippen LogP contribution in [0.15, 0.2) is 133 Å². The van der Waals surface area contributed by atoms with E-state index in [1.54, 1.807) is 12.1 Å². The highest BCUT2D eigenvalue weighted by Crippen LogP contribution is 2.46. The lowest BCUT2D eigenvalue weighted by atomic mass is 9.92. The molecule has 0 amide bonds. The maximum Gasteiger partial charge on any atom is 0.355 e. The van der Waals surface area contributed by atoms with Crippen molar-refractivity contribution in [3.8, 4) is 22.6 Å². The van der Waals surface area contributed by atoms with Crippen LogP contribution in [0.3, 0.4) is 0 Å². The van der Waals surface area contributed by atoms with Crippen LogP contribution < -0.4 is 9.47 Å². The molecule has 2 N–H and O–H groups in total. The first-order valence-corrected chi connectivity index (χ1v) is 21.3. The highest BCUT2D eigenvalue weighted by Gasteiger charge is 2.25. The van der Waals surface area contributed by atoms with E-state index in [0.717, 1.165) is 66.3 Å². The van der Waals surface area contributed by atoms with Crippen LogP contribution in [0.5, 0.6) is 11.5 Å². The first kappa shape index (κ1) is 42.9. The van der Waals surface area contributed by atoms with Crippen molar-refractivity contribution < 1.29 is 38.1 Å². The van der Waals surface area contributed by atoms with Crippen LogP contribution in [0.1, 0.15) is 78.6 Å². The second-order valence-corrected chi connectivity index (χ2v) is 15.8. The number of rotatable bonds is 15. The van der Waals surface area contributed by atoms with Crippen LogP contribution in [0.2, 0.25) is 0 Å². The molecule has 8 aromatic rings. The topological polar surface area (TPSA) is 137 Å². The van der Waals surface area contributed by atoms with E-state index in [1.807, 2.05) is 149 Å². The zero-order chi connectivity index (χ0) is 44.7. The van der Waals surface area contributed by atoms with Gasteiger partial charge in [-0.1, -0.05) is 121 Å². The Morgan fingerprint density at radius 2 is 0.828 bits per heavy atom. The van der Waals surface area contributed by atoms with Gasteiger partial charge in [-0.2, -0.15) is 0 Å². The van der Waals surface area contributed by atoms with E-state index in [4.69, 9.17) is 18.9 Å². The molecule has 0 aliphatic carbocycles. The summed E-state index contributed by atoms with van der Waals surface area (Å²) in [6.45, 7) is 7.72. The van der Waals surface area contributed by atoms with Crippen molar-refractivity contribution in [1.82, 2.24) is 9.97 Å². The van der Waals surface area contributed by atoms with Crippen molar-refractivity contribution in [1.29, 1.82) is 0 Å².